The quantitative estimate of drug-likeness (QED) is 0.280. The van der Waals surface area contributed by atoms with E-state index in [9.17, 15) is 19.8 Å². The van der Waals surface area contributed by atoms with E-state index < -0.39 is 42.6 Å². The van der Waals surface area contributed by atoms with Gasteiger partial charge in [0.2, 0.25) is 0 Å². The highest BCUT2D eigenvalue weighted by molar-refractivity contribution is 5.76. The Morgan fingerprint density at radius 2 is 1.59 bits per heavy atom. The van der Waals surface area contributed by atoms with Gasteiger partial charge in [0, 0.05) is 6.92 Å². The molecule has 17 heavy (non-hydrogen) atoms. The molecule has 0 spiro atoms. The average Bonchev–Trinajstić information content (AvgIpc) is 2.28. The van der Waals surface area contributed by atoms with Crippen LogP contribution in [0, 0.1) is 0 Å². The van der Waals surface area contributed by atoms with E-state index in [1.165, 1.54) is 0 Å². The Labute approximate surface area is 95.1 Å². The lowest BCUT2D eigenvalue weighted by atomic mass is 9.99. The van der Waals surface area contributed by atoms with Crippen LogP contribution in [0.15, 0.2) is 0 Å². The van der Waals surface area contributed by atoms with Gasteiger partial charge in [-0.05, 0) is 0 Å². The number of hydrogen-bond acceptors (Lipinski definition) is 9. The maximum atomic E-state index is 11.2. The maximum absolute atomic E-state index is 11.2. The first kappa shape index (κ1) is 13.8. The van der Waals surface area contributed by atoms with Gasteiger partial charge in [-0.2, -0.15) is 0 Å². The van der Waals surface area contributed by atoms with Crippen LogP contribution in [0.25, 0.3) is 0 Å². The van der Waals surface area contributed by atoms with Crippen LogP contribution in [0.5, 0.6) is 0 Å². The molecule has 1 rings (SSSR count). The first-order valence-electron chi connectivity index (χ1n) is 4.61. The smallest absolute Gasteiger partial charge is 0.386 e. The van der Waals surface area contributed by atoms with Gasteiger partial charge < -0.3 is 25.2 Å². The summed E-state index contributed by atoms with van der Waals surface area (Å²) in [6.07, 6.45) is -9.03. The number of rotatable bonds is 1. The molecule has 98 valence electrons. The zero-order chi connectivity index (χ0) is 13.2. The van der Waals surface area contributed by atoms with Crippen LogP contribution in [-0.2, 0) is 24.1 Å². The van der Waals surface area contributed by atoms with Gasteiger partial charge in [-0.1, -0.05) is 0 Å². The van der Waals surface area contributed by atoms with Crippen LogP contribution >= 0.6 is 0 Å². The van der Waals surface area contributed by atoms with Gasteiger partial charge in [0.25, 0.3) is 0 Å². The fourth-order valence-electron chi connectivity index (χ4n) is 1.20. The summed E-state index contributed by atoms with van der Waals surface area (Å²) in [6, 6.07) is 0. The van der Waals surface area contributed by atoms with Gasteiger partial charge in [-0.25, -0.2) is 19.4 Å². The molecule has 0 saturated carbocycles. The Kier molecular flexibility index (Phi) is 4.37. The molecule has 1 saturated heterocycles. The van der Waals surface area contributed by atoms with Crippen LogP contribution in [0.3, 0.4) is 0 Å². The summed E-state index contributed by atoms with van der Waals surface area (Å²) in [6.45, 7) is 0.971. The monoisotopic (exact) mass is 252 g/mol. The second-order valence-electron chi connectivity index (χ2n) is 3.40. The predicted molar refractivity (Wildman–Crippen MR) is 46.8 cm³/mol. The third-order valence-corrected chi connectivity index (χ3v) is 2.06. The van der Waals surface area contributed by atoms with Crippen molar-refractivity contribution in [3.05, 3.63) is 0 Å². The second kappa shape index (κ2) is 5.38. The lowest BCUT2D eigenvalue weighted by molar-refractivity contribution is -0.304. The number of aliphatic hydroxyl groups excluding tert-OH is 4. The largest absolute Gasteiger partial charge is 0.387 e. The molecule has 0 amide bonds. The highest BCUT2D eigenvalue weighted by atomic mass is 17.2. The summed E-state index contributed by atoms with van der Waals surface area (Å²) >= 11 is 0. The first-order valence-corrected chi connectivity index (χ1v) is 4.61. The molecular weight excluding hydrogens is 240 g/mol. The van der Waals surface area contributed by atoms with Gasteiger partial charge in [-0.15, -0.1) is 0 Å². The molecule has 9 heteroatoms. The Bertz CT molecular complexity index is 303. The molecule has 1 heterocycles. The fraction of sp³-hybridized carbons (Fsp3) is 0.750. The van der Waals surface area contributed by atoms with Crippen LogP contribution < -0.4 is 0 Å². The highest BCUT2D eigenvalue weighted by Gasteiger charge is 2.47. The van der Waals surface area contributed by atoms with Crippen LogP contribution in [-0.4, -0.2) is 63.1 Å². The molecule has 0 radical (unpaired) electrons. The van der Waals surface area contributed by atoms with Crippen molar-refractivity contribution in [3.8, 4) is 0 Å². The molecule has 0 aromatic rings. The summed E-state index contributed by atoms with van der Waals surface area (Å²) in [5, 5.41) is 36.8. The molecule has 1 aliphatic heterocycles. The Hall–Kier alpha value is -1.26. The summed E-state index contributed by atoms with van der Waals surface area (Å²) < 4.78 is 4.51. The fourth-order valence-corrected chi connectivity index (χ4v) is 1.20. The van der Waals surface area contributed by atoms with E-state index in [4.69, 9.17) is 10.2 Å². The lowest BCUT2D eigenvalue weighted by Crippen LogP contribution is -2.59. The minimum Gasteiger partial charge on any atom is -0.387 e. The zero-order valence-corrected chi connectivity index (χ0v) is 8.72. The van der Waals surface area contributed by atoms with Gasteiger partial charge >= 0.3 is 11.9 Å². The Balaban J connectivity index is 2.63. The molecule has 5 atom stereocenters. The molecular formula is C8H12O9. The third-order valence-electron chi connectivity index (χ3n) is 2.06. The molecule has 0 bridgehead atoms. The molecule has 9 nitrogen and oxygen atoms in total. The minimum absolute atomic E-state index is 0.912. The minimum atomic E-state index is -1.87. The van der Waals surface area contributed by atoms with E-state index in [-0.39, 0.29) is 0 Å². The van der Waals surface area contributed by atoms with Crippen molar-refractivity contribution in [2.24, 2.45) is 0 Å². The van der Waals surface area contributed by atoms with Gasteiger partial charge in [0.1, 0.15) is 18.3 Å². The molecule has 1 aliphatic rings. The van der Waals surface area contributed by atoms with Crippen molar-refractivity contribution in [2.75, 3.05) is 0 Å². The van der Waals surface area contributed by atoms with E-state index in [0.717, 1.165) is 6.92 Å². The molecule has 1 fully saturated rings. The van der Waals surface area contributed by atoms with Crippen molar-refractivity contribution in [1.29, 1.82) is 0 Å². The van der Waals surface area contributed by atoms with Gasteiger partial charge in [0.05, 0.1) is 0 Å². The van der Waals surface area contributed by atoms with Crippen molar-refractivity contribution >= 4 is 11.9 Å². The molecule has 0 unspecified atom stereocenters. The summed E-state index contributed by atoms with van der Waals surface area (Å²) in [7, 11) is 0. The van der Waals surface area contributed by atoms with Crippen LogP contribution in [0.4, 0.5) is 0 Å². The van der Waals surface area contributed by atoms with Gasteiger partial charge in [-0.3, -0.25) is 0 Å². The van der Waals surface area contributed by atoms with Crippen molar-refractivity contribution < 1.29 is 44.5 Å². The van der Waals surface area contributed by atoms with Crippen molar-refractivity contribution in [2.45, 2.75) is 37.6 Å². The molecule has 0 aliphatic carbocycles. The summed E-state index contributed by atoms with van der Waals surface area (Å²) in [5.74, 6) is -2.23. The third kappa shape index (κ3) is 3.11. The normalized spacial score (nSPS) is 37.4. The summed E-state index contributed by atoms with van der Waals surface area (Å²) in [5.41, 5.74) is 0. The van der Waals surface area contributed by atoms with Crippen molar-refractivity contribution in [3.63, 3.8) is 0 Å². The Morgan fingerprint density at radius 3 is 2.12 bits per heavy atom. The highest BCUT2D eigenvalue weighted by Crippen LogP contribution is 2.20. The zero-order valence-electron chi connectivity index (χ0n) is 8.72. The molecule has 4 N–H and O–H groups in total. The number of carbonyl (C=O) groups is 2. The maximum Gasteiger partial charge on any atom is 0.386 e. The van der Waals surface area contributed by atoms with E-state index >= 15 is 0 Å². The number of carbonyl (C=O) groups excluding carboxylic acids is 2. The first-order chi connectivity index (χ1) is 7.84. The predicted octanol–water partition coefficient (Wildman–Crippen LogP) is -3.19. The SMILES string of the molecule is CC(=O)OOC(=O)[C@H]1O[C@@H](O)[C@H](O)[C@@H](O)[C@@H]1O. The lowest BCUT2D eigenvalue weighted by Gasteiger charge is -2.36. The molecule has 0 aromatic carbocycles. The van der Waals surface area contributed by atoms with Gasteiger partial charge in [0.15, 0.2) is 12.4 Å². The van der Waals surface area contributed by atoms with Crippen molar-refractivity contribution in [1.82, 2.24) is 0 Å². The number of ether oxygens (including phenoxy) is 1. The number of aliphatic hydroxyl groups is 4. The van der Waals surface area contributed by atoms with E-state index in [1.807, 2.05) is 0 Å². The van der Waals surface area contributed by atoms with E-state index in [2.05, 4.69) is 14.5 Å². The van der Waals surface area contributed by atoms with Crippen LogP contribution in [0.1, 0.15) is 6.92 Å². The Morgan fingerprint density at radius 1 is 1.00 bits per heavy atom. The topological polar surface area (TPSA) is 143 Å². The van der Waals surface area contributed by atoms with E-state index in [1.54, 1.807) is 0 Å². The van der Waals surface area contributed by atoms with E-state index in [0.29, 0.717) is 0 Å². The molecule has 0 aromatic heterocycles. The number of hydrogen-bond donors (Lipinski definition) is 4. The second-order valence-corrected chi connectivity index (χ2v) is 3.40. The standard InChI is InChI=1S/C8H12O9/c1-2(9)16-17-8(14)6-4(11)3(10)5(12)7(13)15-6/h3-7,10-13H,1H3/t3-,4-,5+,6-,7+/m0/s1. The summed E-state index contributed by atoms with van der Waals surface area (Å²) in [4.78, 5) is 29.4. The van der Waals surface area contributed by atoms with Crippen LogP contribution in [0.2, 0.25) is 0 Å². The average molecular weight is 252 g/mol.